The minimum Gasteiger partial charge on any atom is -0.495 e. The fourth-order valence-corrected chi connectivity index (χ4v) is 6.66. The first kappa shape index (κ1) is 35.4. The molecule has 1 aromatic heterocycles. The maximum Gasteiger partial charge on any atom is 0.419 e. The van der Waals surface area contributed by atoms with Gasteiger partial charge in [0, 0.05) is 38.0 Å². The predicted molar refractivity (Wildman–Crippen MR) is 169 cm³/mol. The van der Waals surface area contributed by atoms with Crippen molar-refractivity contribution >= 4 is 23.5 Å². The van der Waals surface area contributed by atoms with Crippen molar-refractivity contribution in [3.05, 3.63) is 41.2 Å². The monoisotopic (exact) mass is 648 g/mol. The SMILES string of the molecule is COCC(=O)N(C)C1CCCCC1C(C)CCc1nc(Nc2ccc(C(=O)NC3CCN(C)CC3)cc2OC)ncc1C(F)(F)F. The number of carbonyl (C=O) groups is 2. The number of likely N-dealkylation sites (tertiary alicyclic amines) is 1. The zero-order valence-corrected chi connectivity index (χ0v) is 27.5. The molecule has 2 aliphatic rings. The summed E-state index contributed by atoms with van der Waals surface area (Å²) in [6.45, 7) is 3.87. The number of piperidine rings is 1. The summed E-state index contributed by atoms with van der Waals surface area (Å²) in [6.07, 6.45) is 2.30. The largest absolute Gasteiger partial charge is 0.495 e. The molecule has 1 aliphatic carbocycles. The van der Waals surface area contributed by atoms with E-state index in [0.29, 0.717) is 23.4 Å². The van der Waals surface area contributed by atoms with Crippen LogP contribution in [0.15, 0.2) is 24.4 Å². The van der Waals surface area contributed by atoms with Crippen molar-refractivity contribution in [2.45, 2.75) is 76.6 Å². The van der Waals surface area contributed by atoms with Gasteiger partial charge < -0.3 is 29.9 Å². The van der Waals surface area contributed by atoms with Gasteiger partial charge in [-0.25, -0.2) is 9.97 Å². The number of rotatable bonds is 12. The van der Waals surface area contributed by atoms with Crippen molar-refractivity contribution in [1.82, 2.24) is 25.1 Å². The molecule has 0 spiro atoms. The summed E-state index contributed by atoms with van der Waals surface area (Å²) < 4.78 is 52.6. The van der Waals surface area contributed by atoms with Crippen LogP contribution in [-0.2, 0) is 22.1 Å². The van der Waals surface area contributed by atoms with E-state index in [-0.39, 0.29) is 60.4 Å². The lowest BCUT2D eigenvalue weighted by molar-refractivity contribution is -0.139. The van der Waals surface area contributed by atoms with Crippen LogP contribution in [0.3, 0.4) is 0 Å². The van der Waals surface area contributed by atoms with Gasteiger partial charge in [-0.3, -0.25) is 9.59 Å². The third kappa shape index (κ3) is 9.09. The number of hydrogen-bond acceptors (Lipinski definition) is 8. The Morgan fingerprint density at radius 2 is 1.85 bits per heavy atom. The van der Waals surface area contributed by atoms with Gasteiger partial charge in [-0.2, -0.15) is 13.2 Å². The minimum absolute atomic E-state index is 0.00106. The van der Waals surface area contributed by atoms with Crippen LogP contribution in [0.2, 0.25) is 0 Å². The van der Waals surface area contributed by atoms with E-state index in [0.717, 1.165) is 57.8 Å². The molecule has 2 aromatic rings. The summed E-state index contributed by atoms with van der Waals surface area (Å²) in [6, 6.07) is 4.97. The number of nitrogens with one attached hydrogen (secondary N) is 2. The maximum atomic E-state index is 14.0. The molecule has 2 amide bonds. The molecule has 1 saturated heterocycles. The van der Waals surface area contributed by atoms with E-state index in [1.807, 2.05) is 6.92 Å². The number of carbonyl (C=O) groups excluding carboxylic acids is 2. The van der Waals surface area contributed by atoms with Gasteiger partial charge in [0.25, 0.3) is 5.91 Å². The molecule has 254 valence electrons. The van der Waals surface area contributed by atoms with Gasteiger partial charge in [-0.05, 0) is 88.7 Å². The van der Waals surface area contributed by atoms with E-state index in [2.05, 4.69) is 32.5 Å². The lowest BCUT2D eigenvalue weighted by atomic mass is 9.74. The highest BCUT2D eigenvalue weighted by Gasteiger charge is 2.37. The summed E-state index contributed by atoms with van der Waals surface area (Å²) in [5.74, 6) is 0.245. The van der Waals surface area contributed by atoms with E-state index in [4.69, 9.17) is 9.47 Å². The molecule has 2 fully saturated rings. The number of amides is 2. The van der Waals surface area contributed by atoms with Crippen molar-refractivity contribution in [2.24, 2.45) is 11.8 Å². The van der Waals surface area contributed by atoms with Gasteiger partial charge in [0.1, 0.15) is 12.4 Å². The highest BCUT2D eigenvalue weighted by Crippen LogP contribution is 2.37. The molecule has 2 heterocycles. The van der Waals surface area contributed by atoms with Crippen molar-refractivity contribution < 1.29 is 32.2 Å². The highest BCUT2D eigenvalue weighted by molar-refractivity contribution is 5.95. The number of anilines is 2. The number of likely N-dealkylation sites (N-methyl/N-ethyl adjacent to an activating group) is 1. The first-order valence-electron chi connectivity index (χ1n) is 16.0. The Bertz CT molecular complexity index is 1330. The van der Waals surface area contributed by atoms with Crippen LogP contribution < -0.4 is 15.4 Å². The minimum atomic E-state index is -4.61. The number of methoxy groups -OCH3 is 2. The standard InChI is InChI=1S/C33H47F3N6O4/c1-21(24-8-6-7-9-28(24)42(3)30(43)20-45-4)10-12-26-25(33(34,35)36)19-37-32(39-26)40-27-13-11-22(18-29(27)46-5)31(44)38-23-14-16-41(2)17-15-23/h11,13,18-19,21,23-24,28H,6-10,12,14-17,20H2,1-5H3,(H,38,44)(H,37,39,40). The Kier molecular flexibility index (Phi) is 12.2. The number of halogens is 3. The number of ether oxygens (including phenoxy) is 2. The third-order valence-electron chi connectivity index (χ3n) is 9.44. The number of benzene rings is 1. The van der Waals surface area contributed by atoms with Gasteiger partial charge in [-0.15, -0.1) is 0 Å². The summed E-state index contributed by atoms with van der Waals surface area (Å²) in [7, 11) is 6.78. The van der Waals surface area contributed by atoms with Crippen LogP contribution in [0.4, 0.5) is 24.8 Å². The zero-order valence-electron chi connectivity index (χ0n) is 27.5. The first-order valence-corrected chi connectivity index (χ1v) is 16.0. The van der Waals surface area contributed by atoms with Crippen LogP contribution >= 0.6 is 0 Å². The van der Waals surface area contributed by atoms with Crippen molar-refractivity contribution in [3.63, 3.8) is 0 Å². The van der Waals surface area contributed by atoms with Crippen LogP contribution in [0, 0.1) is 11.8 Å². The van der Waals surface area contributed by atoms with Crippen LogP contribution in [0.1, 0.15) is 73.5 Å². The van der Waals surface area contributed by atoms with Crippen LogP contribution in [0.25, 0.3) is 0 Å². The van der Waals surface area contributed by atoms with Crippen LogP contribution in [-0.4, -0.2) is 91.7 Å². The summed E-state index contributed by atoms with van der Waals surface area (Å²) >= 11 is 0. The average Bonchev–Trinajstić information content (AvgIpc) is 3.04. The normalized spacial score (nSPS) is 20.2. The smallest absolute Gasteiger partial charge is 0.419 e. The molecular formula is C33H47F3N6O4. The zero-order chi connectivity index (χ0) is 33.4. The first-order chi connectivity index (χ1) is 21.9. The Hall–Kier alpha value is -3.45. The molecule has 1 aromatic carbocycles. The van der Waals surface area contributed by atoms with E-state index >= 15 is 0 Å². The molecule has 0 bridgehead atoms. The number of nitrogens with zero attached hydrogens (tertiary/aromatic N) is 4. The third-order valence-corrected chi connectivity index (χ3v) is 9.44. The van der Waals surface area contributed by atoms with Gasteiger partial charge in [0.15, 0.2) is 0 Å². The molecule has 0 radical (unpaired) electrons. The van der Waals surface area contributed by atoms with E-state index in [1.54, 1.807) is 30.1 Å². The van der Waals surface area contributed by atoms with Gasteiger partial charge in [-0.1, -0.05) is 19.8 Å². The van der Waals surface area contributed by atoms with E-state index < -0.39 is 11.7 Å². The van der Waals surface area contributed by atoms with Crippen molar-refractivity contribution in [2.75, 3.05) is 53.3 Å². The predicted octanol–water partition coefficient (Wildman–Crippen LogP) is 5.30. The van der Waals surface area contributed by atoms with Crippen LogP contribution in [0.5, 0.6) is 5.75 Å². The quantitative estimate of drug-likeness (QED) is 0.319. The fraction of sp³-hybridized carbons (Fsp3) is 0.636. The van der Waals surface area contributed by atoms with Gasteiger partial charge in [0.2, 0.25) is 11.9 Å². The topological polar surface area (TPSA) is 109 Å². The van der Waals surface area contributed by atoms with Gasteiger partial charge >= 0.3 is 6.18 Å². The Labute approximate surface area is 269 Å². The molecular weight excluding hydrogens is 601 g/mol. The molecule has 1 saturated carbocycles. The summed E-state index contributed by atoms with van der Waals surface area (Å²) in [4.78, 5) is 37.7. The Balaban J connectivity index is 1.48. The fourth-order valence-electron chi connectivity index (χ4n) is 6.66. The molecule has 13 heteroatoms. The molecule has 2 N–H and O–H groups in total. The molecule has 4 rings (SSSR count). The Morgan fingerprint density at radius 3 is 2.52 bits per heavy atom. The lowest BCUT2D eigenvalue weighted by Crippen LogP contribution is -2.46. The molecule has 10 nitrogen and oxygen atoms in total. The van der Waals surface area contributed by atoms with E-state index in [9.17, 15) is 22.8 Å². The number of alkyl halides is 3. The molecule has 3 unspecified atom stereocenters. The van der Waals surface area contributed by atoms with E-state index in [1.165, 1.54) is 14.2 Å². The number of aromatic nitrogens is 2. The average molecular weight is 649 g/mol. The second-order valence-corrected chi connectivity index (χ2v) is 12.6. The molecule has 3 atom stereocenters. The number of hydrogen-bond donors (Lipinski definition) is 2. The lowest BCUT2D eigenvalue weighted by Gasteiger charge is -2.41. The Morgan fingerprint density at radius 1 is 1.13 bits per heavy atom. The molecule has 46 heavy (non-hydrogen) atoms. The van der Waals surface area contributed by atoms with Crippen molar-refractivity contribution in [1.29, 1.82) is 0 Å². The highest BCUT2D eigenvalue weighted by atomic mass is 19.4. The molecule has 1 aliphatic heterocycles. The van der Waals surface area contributed by atoms with Crippen molar-refractivity contribution in [3.8, 4) is 5.75 Å². The second-order valence-electron chi connectivity index (χ2n) is 12.6. The van der Waals surface area contributed by atoms with Gasteiger partial charge in [0.05, 0.1) is 24.1 Å². The second kappa shape index (κ2) is 15.9. The maximum absolute atomic E-state index is 14.0. The summed E-state index contributed by atoms with van der Waals surface area (Å²) in [5.41, 5.74) is -0.127. The summed E-state index contributed by atoms with van der Waals surface area (Å²) in [5, 5.41) is 6.06. The number of aryl methyl sites for hydroxylation is 1.